The van der Waals surface area contributed by atoms with E-state index in [-0.39, 0.29) is 23.8 Å². The number of carbonyl (C=O) groups excluding carboxylic acids is 3. The zero-order chi connectivity index (χ0) is 21.9. The lowest BCUT2D eigenvalue weighted by atomic mass is 10.1. The standard InChI is InChI=1S/C20H19FN2O6S/c1-2-23-16-9-13(3-8-18(16)29-10-20(23)26)17(24)11-30(27,28)12-19(25)22-15-6-4-14(21)5-7-15/h3-9H,2,10-12H2,1H3,(H,22,25). The van der Waals surface area contributed by atoms with E-state index in [1.807, 2.05) is 0 Å². The van der Waals surface area contributed by atoms with Crippen molar-refractivity contribution in [2.24, 2.45) is 0 Å². The van der Waals surface area contributed by atoms with Crippen LogP contribution in [0.1, 0.15) is 17.3 Å². The maximum absolute atomic E-state index is 12.9. The predicted molar refractivity (Wildman–Crippen MR) is 108 cm³/mol. The number of sulfone groups is 1. The molecule has 2 aromatic carbocycles. The van der Waals surface area contributed by atoms with E-state index in [0.717, 1.165) is 12.1 Å². The molecule has 0 saturated carbocycles. The second-order valence-corrected chi connectivity index (χ2v) is 8.68. The van der Waals surface area contributed by atoms with Crippen LogP contribution in [0, 0.1) is 5.82 Å². The Morgan fingerprint density at radius 1 is 1.13 bits per heavy atom. The molecule has 0 spiro atoms. The molecule has 0 aliphatic carbocycles. The van der Waals surface area contributed by atoms with Crippen molar-refractivity contribution in [1.29, 1.82) is 0 Å². The summed E-state index contributed by atoms with van der Waals surface area (Å²) in [7, 11) is -4.06. The summed E-state index contributed by atoms with van der Waals surface area (Å²) >= 11 is 0. The number of hydrogen-bond donors (Lipinski definition) is 1. The van der Waals surface area contributed by atoms with Crippen LogP contribution in [0.5, 0.6) is 5.75 Å². The van der Waals surface area contributed by atoms with Crippen LogP contribution in [-0.4, -0.2) is 50.7 Å². The highest BCUT2D eigenvalue weighted by atomic mass is 32.2. The number of ketones is 1. The van der Waals surface area contributed by atoms with Crippen molar-refractivity contribution in [2.75, 3.05) is 34.9 Å². The van der Waals surface area contributed by atoms with Gasteiger partial charge in [0.05, 0.1) is 5.69 Å². The zero-order valence-corrected chi connectivity index (χ0v) is 16.9. The van der Waals surface area contributed by atoms with E-state index >= 15 is 0 Å². The van der Waals surface area contributed by atoms with Gasteiger partial charge in [0, 0.05) is 17.8 Å². The number of benzene rings is 2. The molecule has 8 nitrogen and oxygen atoms in total. The number of nitrogens with one attached hydrogen (secondary N) is 1. The molecule has 0 aromatic heterocycles. The van der Waals surface area contributed by atoms with E-state index in [1.165, 1.54) is 35.2 Å². The number of fused-ring (bicyclic) bond motifs is 1. The Bertz CT molecular complexity index is 1100. The molecular formula is C20H19FN2O6S. The normalized spacial score (nSPS) is 13.4. The highest BCUT2D eigenvalue weighted by Gasteiger charge is 2.27. The molecule has 0 saturated heterocycles. The van der Waals surface area contributed by atoms with Crippen LogP contribution in [0.25, 0.3) is 0 Å². The molecule has 30 heavy (non-hydrogen) atoms. The van der Waals surface area contributed by atoms with Crippen molar-refractivity contribution in [3.63, 3.8) is 0 Å². The van der Waals surface area contributed by atoms with Gasteiger partial charge in [-0.3, -0.25) is 14.4 Å². The molecule has 2 amide bonds. The lowest BCUT2D eigenvalue weighted by Gasteiger charge is -2.28. The first-order chi connectivity index (χ1) is 14.2. The van der Waals surface area contributed by atoms with Gasteiger partial charge < -0.3 is 15.0 Å². The summed E-state index contributed by atoms with van der Waals surface area (Å²) in [5.41, 5.74) is 0.723. The van der Waals surface area contributed by atoms with Gasteiger partial charge in [0.2, 0.25) is 5.91 Å². The minimum atomic E-state index is -4.06. The van der Waals surface area contributed by atoms with Gasteiger partial charge in [0.1, 0.15) is 23.1 Å². The van der Waals surface area contributed by atoms with Crippen molar-refractivity contribution in [3.8, 4) is 5.75 Å². The average molecular weight is 434 g/mol. The summed E-state index contributed by atoms with van der Waals surface area (Å²) in [6, 6.07) is 9.16. The summed E-state index contributed by atoms with van der Waals surface area (Å²) in [6.45, 7) is 2.03. The Hall–Kier alpha value is -3.27. The van der Waals surface area contributed by atoms with Crippen molar-refractivity contribution in [1.82, 2.24) is 0 Å². The van der Waals surface area contributed by atoms with Gasteiger partial charge in [0.15, 0.2) is 22.2 Å². The van der Waals surface area contributed by atoms with Crippen LogP contribution in [0.3, 0.4) is 0 Å². The van der Waals surface area contributed by atoms with Crippen LogP contribution in [0.4, 0.5) is 15.8 Å². The molecule has 1 N–H and O–H groups in total. The maximum atomic E-state index is 12.9. The molecule has 1 aliphatic rings. The number of anilines is 2. The number of likely N-dealkylation sites (N-methyl/N-ethyl adjacent to an activating group) is 1. The summed E-state index contributed by atoms with van der Waals surface area (Å²) in [5, 5.41) is 2.34. The smallest absolute Gasteiger partial charge is 0.265 e. The molecule has 3 rings (SSSR count). The van der Waals surface area contributed by atoms with Crippen molar-refractivity contribution in [2.45, 2.75) is 6.92 Å². The molecule has 1 heterocycles. The highest BCUT2D eigenvalue weighted by Crippen LogP contribution is 2.33. The predicted octanol–water partition coefficient (Wildman–Crippen LogP) is 1.81. The minimum absolute atomic E-state index is 0.0908. The summed E-state index contributed by atoms with van der Waals surface area (Å²) in [6.07, 6.45) is 0. The van der Waals surface area contributed by atoms with Gasteiger partial charge in [-0.1, -0.05) is 0 Å². The van der Waals surface area contributed by atoms with Crippen LogP contribution < -0.4 is 15.0 Å². The number of rotatable bonds is 7. The molecular weight excluding hydrogens is 415 g/mol. The van der Waals surface area contributed by atoms with Crippen molar-refractivity contribution < 1.29 is 31.9 Å². The fourth-order valence-corrected chi connectivity index (χ4v) is 4.13. The number of ether oxygens (including phenoxy) is 1. The molecule has 158 valence electrons. The third-order valence-electron chi connectivity index (χ3n) is 4.37. The second-order valence-electron chi connectivity index (χ2n) is 6.62. The van der Waals surface area contributed by atoms with Gasteiger partial charge in [-0.25, -0.2) is 12.8 Å². The lowest BCUT2D eigenvalue weighted by molar-refractivity contribution is -0.121. The number of Topliss-reactive ketones (excluding diaryl/α,β-unsaturated/α-hetero) is 1. The Balaban J connectivity index is 1.68. The van der Waals surface area contributed by atoms with Crippen LogP contribution in [0.2, 0.25) is 0 Å². The van der Waals surface area contributed by atoms with Crippen LogP contribution >= 0.6 is 0 Å². The Morgan fingerprint density at radius 2 is 1.83 bits per heavy atom. The Kier molecular flexibility index (Phi) is 6.16. The Labute approximate surface area is 172 Å². The van der Waals surface area contributed by atoms with Gasteiger partial charge >= 0.3 is 0 Å². The minimum Gasteiger partial charge on any atom is -0.482 e. The van der Waals surface area contributed by atoms with Gasteiger partial charge in [0.25, 0.3) is 5.91 Å². The fraction of sp³-hybridized carbons (Fsp3) is 0.250. The number of nitrogens with zero attached hydrogens (tertiary/aromatic N) is 1. The third kappa shape index (κ3) is 5.01. The fourth-order valence-electron chi connectivity index (χ4n) is 2.99. The van der Waals surface area contributed by atoms with Crippen molar-refractivity contribution >= 4 is 38.8 Å². The average Bonchev–Trinajstić information content (AvgIpc) is 2.68. The van der Waals surface area contributed by atoms with E-state index in [1.54, 1.807) is 6.92 Å². The third-order valence-corrected chi connectivity index (χ3v) is 5.77. The largest absolute Gasteiger partial charge is 0.482 e. The van der Waals surface area contributed by atoms with E-state index in [9.17, 15) is 27.2 Å². The zero-order valence-electron chi connectivity index (χ0n) is 16.1. The van der Waals surface area contributed by atoms with Crippen LogP contribution in [0.15, 0.2) is 42.5 Å². The second kappa shape index (κ2) is 8.62. The molecule has 2 aromatic rings. The van der Waals surface area contributed by atoms with Gasteiger partial charge in [-0.05, 0) is 49.4 Å². The van der Waals surface area contributed by atoms with E-state index < -0.39 is 38.9 Å². The molecule has 10 heteroatoms. The first-order valence-corrected chi connectivity index (χ1v) is 10.9. The Morgan fingerprint density at radius 3 is 2.50 bits per heavy atom. The van der Waals surface area contributed by atoms with Crippen LogP contribution in [-0.2, 0) is 19.4 Å². The summed E-state index contributed by atoms with van der Waals surface area (Å²) in [5.74, 6) is -3.65. The highest BCUT2D eigenvalue weighted by molar-refractivity contribution is 7.92. The number of amides is 2. The quantitative estimate of drug-likeness (QED) is 0.666. The number of hydrogen-bond acceptors (Lipinski definition) is 6. The SMILES string of the molecule is CCN1C(=O)COc2ccc(C(=O)CS(=O)(=O)CC(=O)Nc3ccc(F)cc3)cc21. The molecule has 0 unspecified atom stereocenters. The lowest BCUT2D eigenvalue weighted by Crippen LogP contribution is -2.38. The van der Waals surface area contributed by atoms with E-state index in [2.05, 4.69) is 5.32 Å². The van der Waals surface area contributed by atoms with Crippen molar-refractivity contribution in [3.05, 3.63) is 53.8 Å². The molecule has 0 radical (unpaired) electrons. The summed E-state index contributed by atoms with van der Waals surface area (Å²) < 4.78 is 42.8. The molecule has 0 bridgehead atoms. The topological polar surface area (TPSA) is 110 Å². The monoisotopic (exact) mass is 434 g/mol. The van der Waals surface area contributed by atoms with E-state index in [4.69, 9.17) is 4.74 Å². The van der Waals surface area contributed by atoms with Gasteiger partial charge in [-0.15, -0.1) is 0 Å². The first kappa shape index (κ1) is 21.4. The number of carbonyl (C=O) groups is 3. The molecule has 0 fully saturated rings. The molecule has 1 aliphatic heterocycles. The first-order valence-electron chi connectivity index (χ1n) is 9.05. The maximum Gasteiger partial charge on any atom is 0.265 e. The van der Waals surface area contributed by atoms with Gasteiger partial charge in [-0.2, -0.15) is 0 Å². The van der Waals surface area contributed by atoms with E-state index in [0.29, 0.717) is 18.0 Å². The molecule has 0 atom stereocenters. The number of halogens is 1. The summed E-state index contributed by atoms with van der Waals surface area (Å²) in [4.78, 5) is 37.9.